The number of hydrogen-bond donors (Lipinski definition) is 1. The van der Waals surface area contributed by atoms with E-state index in [1.807, 2.05) is 11.8 Å². The van der Waals surface area contributed by atoms with Crippen molar-refractivity contribution in [3.8, 4) is 0 Å². The predicted octanol–water partition coefficient (Wildman–Crippen LogP) is 3.37. The maximum absolute atomic E-state index is 11.1. The monoisotopic (exact) mass is 309 g/mol. The Hall–Kier alpha value is -1.14. The maximum atomic E-state index is 11.1. The number of thioether (sulfide) groups is 1. The van der Waals surface area contributed by atoms with Gasteiger partial charge in [-0.2, -0.15) is 11.8 Å². The first kappa shape index (κ1) is 16.2. The number of rotatable bonds is 6. The lowest BCUT2D eigenvalue weighted by Gasteiger charge is -2.20. The molecule has 21 heavy (non-hydrogen) atoms. The Morgan fingerprint density at radius 1 is 1.48 bits per heavy atom. The molecule has 0 spiro atoms. The van der Waals surface area contributed by atoms with E-state index < -0.39 is 0 Å². The molecule has 1 N–H and O–H groups in total. The summed E-state index contributed by atoms with van der Waals surface area (Å²) in [5.74, 6) is 1.14. The average molecular weight is 309 g/mol. The highest BCUT2D eigenvalue weighted by Crippen LogP contribution is 2.30. The van der Waals surface area contributed by atoms with Crippen LogP contribution in [0.2, 0.25) is 0 Å². The van der Waals surface area contributed by atoms with E-state index >= 15 is 0 Å². The molecule has 0 radical (unpaired) electrons. The summed E-state index contributed by atoms with van der Waals surface area (Å²) in [4.78, 5) is 15.2. The summed E-state index contributed by atoms with van der Waals surface area (Å²) in [6, 6.07) is 0.497. The normalized spacial score (nSPS) is 21.7. The third kappa shape index (κ3) is 3.74. The van der Waals surface area contributed by atoms with E-state index in [2.05, 4.69) is 17.2 Å². The molecular weight excluding hydrogens is 286 g/mol. The van der Waals surface area contributed by atoms with Gasteiger partial charge in [0.2, 0.25) is 0 Å². The zero-order chi connectivity index (χ0) is 15.4. The number of nitrogens with zero attached hydrogens (tertiary/aromatic N) is 2. The van der Waals surface area contributed by atoms with E-state index in [-0.39, 0.29) is 10.6 Å². The molecule has 0 aliphatic heterocycles. The first-order valence-corrected chi connectivity index (χ1v) is 8.54. The summed E-state index contributed by atoms with van der Waals surface area (Å²) in [7, 11) is 0. The van der Waals surface area contributed by atoms with Crippen molar-refractivity contribution in [2.45, 2.75) is 57.9 Å². The van der Waals surface area contributed by atoms with Gasteiger partial charge in [-0.1, -0.05) is 13.3 Å². The Balaban J connectivity index is 2.07. The first-order valence-electron chi connectivity index (χ1n) is 7.49. The van der Waals surface area contributed by atoms with Crippen LogP contribution < -0.4 is 5.32 Å². The summed E-state index contributed by atoms with van der Waals surface area (Å²) >= 11 is 2.01. The number of nitrogens with one attached hydrogen (secondary N) is 1. The molecule has 5 nitrogen and oxygen atoms in total. The van der Waals surface area contributed by atoms with Crippen molar-refractivity contribution < 1.29 is 4.92 Å². The van der Waals surface area contributed by atoms with Gasteiger partial charge in [-0.15, -0.1) is 0 Å². The molecular formula is C15H23N3O2S. The fourth-order valence-electron chi connectivity index (χ4n) is 3.03. The van der Waals surface area contributed by atoms with Gasteiger partial charge in [0.1, 0.15) is 0 Å². The Bertz CT molecular complexity index is 522. The third-order valence-corrected chi connectivity index (χ3v) is 5.45. The van der Waals surface area contributed by atoms with Gasteiger partial charge in [-0.3, -0.25) is 15.1 Å². The zero-order valence-electron chi connectivity index (χ0n) is 12.9. The Kier molecular flexibility index (Phi) is 5.58. The molecule has 6 heteroatoms. The van der Waals surface area contributed by atoms with Crippen molar-refractivity contribution in [3.05, 3.63) is 33.1 Å². The van der Waals surface area contributed by atoms with Crippen LogP contribution >= 0.6 is 11.8 Å². The molecule has 1 aliphatic carbocycles. The fourth-order valence-corrected chi connectivity index (χ4v) is 4.25. The molecule has 0 aromatic carbocycles. The van der Waals surface area contributed by atoms with Crippen LogP contribution in [0.1, 0.15) is 43.0 Å². The summed E-state index contributed by atoms with van der Waals surface area (Å²) in [5, 5.41) is 15.4. The van der Waals surface area contributed by atoms with Crippen molar-refractivity contribution in [1.29, 1.82) is 0 Å². The molecule has 1 heterocycles. The number of aryl methyl sites for hydroxylation is 1. The quantitative estimate of drug-likeness (QED) is 0.644. The molecule has 1 fully saturated rings. The van der Waals surface area contributed by atoms with Crippen LogP contribution in [0, 0.1) is 24.0 Å². The van der Waals surface area contributed by atoms with Gasteiger partial charge >= 0.3 is 0 Å². The number of pyridine rings is 1. The molecule has 2 atom stereocenters. The standard InChI is InChI=1S/C15H23N3O2S/c1-4-21-14-7-5-6-12(14)17-9-13-11(3)15(18(19)20)10(2)8-16-13/h8,12,14,17H,4-7,9H2,1-3H3. The number of nitro groups is 1. The molecule has 1 aromatic heterocycles. The number of aromatic nitrogens is 1. The summed E-state index contributed by atoms with van der Waals surface area (Å²) < 4.78 is 0. The summed E-state index contributed by atoms with van der Waals surface area (Å²) in [5.41, 5.74) is 2.30. The second-order valence-corrected chi connectivity index (χ2v) is 7.05. The van der Waals surface area contributed by atoms with E-state index in [4.69, 9.17) is 0 Å². The topological polar surface area (TPSA) is 68.1 Å². The minimum Gasteiger partial charge on any atom is -0.307 e. The van der Waals surface area contributed by atoms with Crippen LogP contribution in [0.25, 0.3) is 0 Å². The van der Waals surface area contributed by atoms with Crippen LogP contribution in [0.15, 0.2) is 6.20 Å². The van der Waals surface area contributed by atoms with Gasteiger partial charge < -0.3 is 5.32 Å². The van der Waals surface area contributed by atoms with E-state index in [0.717, 1.165) is 11.4 Å². The third-order valence-electron chi connectivity index (χ3n) is 4.12. The van der Waals surface area contributed by atoms with E-state index in [0.29, 0.717) is 29.0 Å². The predicted molar refractivity (Wildman–Crippen MR) is 86.8 cm³/mol. The first-order chi connectivity index (χ1) is 10.0. The van der Waals surface area contributed by atoms with Crippen LogP contribution in [0.4, 0.5) is 5.69 Å². The second-order valence-electron chi connectivity index (χ2n) is 5.53. The molecule has 2 unspecified atom stereocenters. The van der Waals surface area contributed by atoms with Crippen molar-refractivity contribution in [2.24, 2.45) is 0 Å². The summed E-state index contributed by atoms with van der Waals surface area (Å²) in [6.07, 6.45) is 5.31. The van der Waals surface area contributed by atoms with Crippen LogP contribution in [-0.4, -0.2) is 27.0 Å². The van der Waals surface area contributed by atoms with Gasteiger partial charge in [-0.25, -0.2) is 0 Å². The lowest BCUT2D eigenvalue weighted by molar-refractivity contribution is -0.386. The van der Waals surface area contributed by atoms with E-state index in [1.165, 1.54) is 19.3 Å². The number of hydrogen-bond acceptors (Lipinski definition) is 5. The zero-order valence-corrected chi connectivity index (χ0v) is 13.7. The van der Waals surface area contributed by atoms with Gasteiger partial charge in [0.05, 0.1) is 10.6 Å². The molecule has 1 aliphatic rings. The Morgan fingerprint density at radius 2 is 2.24 bits per heavy atom. The second kappa shape index (κ2) is 7.22. The molecule has 2 rings (SSSR count). The largest absolute Gasteiger partial charge is 0.307 e. The van der Waals surface area contributed by atoms with E-state index in [9.17, 15) is 10.1 Å². The van der Waals surface area contributed by atoms with E-state index in [1.54, 1.807) is 20.0 Å². The van der Waals surface area contributed by atoms with Gasteiger partial charge in [0, 0.05) is 35.2 Å². The Labute approximate surface area is 130 Å². The van der Waals surface area contributed by atoms with Crippen molar-refractivity contribution in [1.82, 2.24) is 10.3 Å². The fraction of sp³-hybridized carbons (Fsp3) is 0.667. The lowest BCUT2D eigenvalue weighted by Crippen LogP contribution is -2.34. The SMILES string of the molecule is CCSC1CCCC1NCc1ncc(C)c([N+](=O)[O-])c1C. The van der Waals surface area contributed by atoms with Crippen LogP contribution in [-0.2, 0) is 6.54 Å². The smallest absolute Gasteiger partial charge is 0.278 e. The summed E-state index contributed by atoms with van der Waals surface area (Å²) in [6.45, 7) is 6.33. The van der Waals surface area contributed by atoms with Crippen molar-refractivity contribution in [3.63, 3.8) is 0 Å². The minimum absolute atomic E-state index is 0.202. The molecule has 1 saturated carbocycles. The highest BCUT2D eigenvalue weighted by molar-refractivity contribution is 7.99. The highest BCUT2D eigenvalue weighted by Gasteiger charge is 2.27. The van der Waals surface area contributed by atoms with Gasteiger partial charge in [0.25, 0.3) is 5.69 Å². The average Bonchev–Trinajstić information content (AvgIpc) is 2.85. The molecule has 0 amide bonds. The molecule has 0 bridgehead atoms. The van der Waals surface area contributed by atoms with Crippen LogP contribution in [0.5, 0.6) is 0 Å². The minimum atomic E-state index is -0.304. The van der Waals surface area contributed by atoms with Gasteiger partial charge in [-0.05, 0) is 32.4 Å². The Morgan fingerprint density at radius 3 is 2.90 bits per heavy atom. The molecule has 116 valence electrons. The highest BCUT2D eigenvalue weighted by atomic mass is 32.2. The molecule has 1 aromatic rings. The van der Waals surface area contributed by atoms with Gasteiger partial charge in [0.15, 0.2) is 0 Å². The molecule has 0 saturated heterocycles. The van der Waals surface area contributed by atoms with Crippen molar-refractivity contribution >= 4 is 17.4 Å². The lowest BCUT2D eigenvalue weighted by atomic mass is 10.1. The van der Waals surface area contributed by atoms with Crippen molar-refractivity contribution in [2.75, 3.05) is 5.75 Å². The van der Waals surface area contributed by atoms with Crippen LogP contribution in [0.3, 0.4) is 0 Å². The maximum Gasteiger partial charge on any atom is 0.278 e.